The molecular weight excluding hydrogens is 332 g/mol. The van der Waals surface area contributed by atoms with E-state index >= 15 is 0 Å². The van der Waals surface area contributed by atoms with Gasteiger partial charge in [0, 0.05) is 9.79 Å². The van der Waals surface area contributed by atoms with Gasteiger partial charge < -0.3 is 0 Å². The molecule has 0 aromatic heterocycles. The van der Waals surface area contributed by atoms with Crippen molar-refractivity contribution in [3.63, 3.8) is 0 Å². The van der Waals surface area contributed by atoms with Gasteiger partial charge in [-0.1, -0.05) is 45.9 Å². The Hall–Kier alpha value is -1.88. The van der Waals surface area contributed by atoms with Crippen LogP contribution in [-0.4, -0.2) is 0 Å². The fourth-order valence-electron chi connectivity index (χ4n) is 2.08. The molecule has 0 N–H and O–H groups in total. The van der Waals surface area contributed by atoms with Crippen LogP contribution in [0.1, 0.15) is 38.8 Å². The predicted octanol–water partition coefficient (Wildman–Crippen LogP) is 6.09. The van der Waals surface area contributed by atoms with Crippen molar-refractivity contribution in [1.82, 2.24) is 0 Å². The van der Waals surface area contributed by atoms with Crippen molar-refractivity contribution in [3.8, 4) is 12.1 Å². The Labute approximate surface area is 152 Å². The van der Waals surface area contributed by atoms with E-state index in [1.54, 1.807) is 21.6 Å². The lowest BCUT2D eigenvalue weighted by Crippen LogP contribution is -2.13. The Morgan fingerprint density at radius 3 is 1.17 bits per heavy atom. The molecule has 0 spiro atoms. The number of hydrogen-bond donors (Lipinski definition) is 0. The maximum Gasteiger partial charge on any atom is 0.0766 e. The van der Waals surface area contributed by atoms with Crippen LogP contribution in [0.25, 0.3) is 0 Å². The first-order valence-electron chi connectivity index (χ1n) is 7.66. The topological polar surface area (TPSA) is 47.6 Å². The zero-order chi connectivity index (χ0) is 17.8. The van der Waals surface area contributed by atoms with Gasteiger partial charge in [-0.15, -0.1) is 0 Å². The normalized spacial score (nSPS) is 11.6. The minimum absolute atomic E-state index is 0.459. The molecule has 2 aromatic carbocycles. The molecule has 0 bridgehead atoms. The molecule has 0 heterocycles. The van der Waals surface area contributed by atoms with Crippen LogP contribution in [0.4, 0.5) is 0 Å². The molecule has 0 aliphatic heterocycles. The van der Waals surface area contributed by atoms with E-state index in [0.29, 0.717) is 0 Å². The van der Waals surface area contributed by atoms with Crippen LogP contribution >= 0.6 is 21.6 Å². The highest BCUT2D eigenvalue weighted by atomic mass is 33.1. The molecule has 0 aliphatic carbocycles. The van der Waals surface area contributed by atoms with Gasteiger partial charge in [-0.3, -0.25) is 0 Å². The van der Waals surface area contributed by atoms with Gasteiger partial charge in [-0.25, -0.2) is 0 Å². The summed E-state index contributed by atoms with van der Waals surface area (Å²) in [5.41, 5.74) is 1.14. The van der Waals surface area contributed by atoms with Gasteiger partial charge in [0.15, 0.2) is 0 Å². The first kappa shape index (κ1) is 18.5. The summed E-state index contributed by atoms with van der Waals surface area (Å²) in [5.74, 6) is 0. The van der Waals surface area contributed by atoms with Crippen LogP contribution < -0.4 is 0 Å². The molecule has 2 nitrogen and oxygen atoms in total. The maximum absolute atomic E-state index is 9.19. The second kappa shape index (κ2) is 7.34. The summed E-state index contributed by atoms with van der Waals surface area (Å²) in [6.45, 7) is 7.70. The Balaban J connectivity index is 2.02. The summed E-state index contributed by atoms with van der Waals surface area (Å²) in [7, 11) is 3.38. The van der Waals surface area contributed by atoms with Crippen LogP contribution in [0, 0.1) is 22.7 Å². The summed E-state index contributed by atoms with van der Waals surface area (Å²) in [5, 5.41) is 18.4. The molecule has 0 amide bonds. The molecule has 0 saturated carbocycles. The predicted molar refractivity (Wildman–Crippen MR) is 102 cm³/mol. The maximum atomic E-state index is 9.19. The van der Waals surface area contributed by atoms with Gasteiger partial charge in [0.05, 0.1) is 23.0 Å². The third kappa shape index (κ3) is 4.35. The summed E-state index contributed by atoms with van der Waals surface area (Å²) >= 11 is 0. The number of rotatable bonds is 5. The Bertz CT molecular complexity index is 707. The lowest BCUT2D eigenvalue weighted by Gasteiger charge is -2.16. The minimum Gasteiger partial charge on any atom is -0.197 e. The zero-order valence-electron chi connectivity index (χ0n) is 14.3. The molecule has 2 rings (SSSR count). The average Bonchev–Trinajstić information content (AvgIpc) is 2.60. The highest BCUT2D eigenvalue weighted by Gasteiger charge is 2.20. The van der Waals surface area contributed by atoms with Gasteiger partial charge in [-0.2, -0.15) is 10.5 Å². The summed E-state index contributed by atoms with van der Waals surface area (Å²) in [6.07, 6.45) is 0. The van der Waals surface area contributed by atoms with E-state index in [1.807, 2.05) is 52.0 Å². The van der Waals surface area contributed by atoms with E-state index < -0.39 is 10.8 Å². The van der Waals surface area contributed by atoms with Crippen molar-refractivity contribution in [2.75, 3.05) is 0 Å². The second-order valence-corrected chi connectivity index (χ2v) is 8.97. The largest absolute Gasteiger partial charge is 0.197 e. The quantitative estimate of drug-likeness (QED) is 0.611. The summed E-state index contributed by atoms with van der Waals surface area (Å²) in [4.78, 5) is 2.30. The van der Waals surface area contributed by atoms with Crippen molar-refractivity contribution in [1.29, 1.82) is 10.5 Å². The highest BCUT2D eigenvalue weighted by Crippen LogP contribution is 2.38. The van der Waals surface area contributed by atoms with Crippen LogP contribution in [0.5, 0.6) is 0 Å². The smallest absolute Gasteiger partial charge is 0.0766 e. The molecule has 0 saturated heterocycles. The lowest BCUT2D eigenvalue weighted by molar-refractivity contribution is 0.686. The number of nitriles is 2. The Morgan fingerprint density at radius 2 is 0.917 bits per heavy atom. The number of nitrogens with zero attached hydrogens (tertiary/aromatic N) is 2. The van der Waals surface area contributed by atoms with Crippen molar-refractivity contribution in [2.45, 2.75) is 48.3 Å². The lowest BCUT2D eigenvalue weighted by atomic mass is 9.86. The van der Waals surface area contributed by atoms with Crippen LogP contribution in [0.15, 0.2) is 58.3 Å². The molecule has 2 aromatic rings. The third-order valence-corrected chi connectivity index (χ3v) is 6.36. The number of hydrogen-bond acceptors (Lipinski definition) is 4. The van der Waals surface area contributed by atoms with Crippen LogP contribution in [0.3, 0.4) is 0 Å². The SMILES string of the molecule is CC(C)(C#N)c1ccc(SSc2ccc(C(C)(C)C#N)cc2)cc1. The first-order chi connectivity index (χ1) is 11.3. The molecule has 4 heteroatoms. The monoisotopic (exact) mass is 352 g/mol. The van der Waals surface area contributed by atoms with Gasteiger partial charge in [0.2, 0.25) is 0 Å². The van der Waals surface area contributed by atoms with E-state index in [9.17, 15) is 10.5 Å². The summed E-state index contributed by atoms with van der Waals surface area (Å²) in [6, 6.07) is 20.9. The van der Waals surface area contributed by atoms with E-state index in [1.165, 1.54) is 0 Å². The van der Waals surface area contributed by atoms with Crippen LogP contribution in [-0.2, 0) is 10.8 Å². The zero-order valence-corrected chi connectivity index (χ0v) is 16.0. The Morgan fingerprint density at radius 1 is 0.625 bits per heavy atom. The fraction of sp³-hybridized carbons (Fsp3) is 0.300. The third-order valence-electron chi connectivity index (χ3n) is 3.95. The standard InChI is InChI=1S/C20H20N2S2/c1-19(2,13-21)15-5-9-17(10-6-15)23-24-18-11-7-16(8-12-18)20(3,4)14-22/h5-12H,1-4H3. The molecule has 24 heavy (non-hydrogen) atoms. The average molecular weight is 353 g/mol. The summed E-state index contributed by atoms with van der Waals surface area (Å²) < 4.78 is 0. The van der Waals surface area contributed by atoms with Crippen molar-refractivity contribution in [2.24, 2.45) is 0 Å². The van der Waals surface area contributed by atoms with E-state index in [0.717, 1.165) is 20.9 Å². The van der Waals surface area contributed by atoms with E-state index in [2.05, 4.69) is 36.4 Å². The van der Waals surface area contributed by atoms with Gasteiger partial charge in [0.25, 0.3) is 0 Å². The van der Waals surface area contributed by atoms with Crippen LogP contribution in [0.2, 0.25) is 0 Å². The number of benzene rings is 2. The molecule has 0 atom stereocenters. The molecular formula is C20H20N2S2. The van der Waals surface area contributed by atoms with E-state index in [4.69, 9.17) is 0 Å². The molecule has 0 unspecified atom stereocenters. The Kier molecular flexibility index (Phi) is 5.65. The van der Waals surface area contributed by atoms with Crippen molar-refractivity contribution < 1.29 is 0 Å². The van der Waals surface area contributed by atoms with Gasteiger partial charge in [0.1, 0.15) is 0 Å². The van der Waals surface area contributed by atoms with Crippen molar-refractivity contribution in [3.05, 3.63) is 59.7 Å². The fourth-order valence-corrected chi connectivity index (χ4v) is 4.01. The van der Waals surface area contributed by atoms with E-state index in [-0.39, 0.29) is 0 Å². The van der Waals surface area contributed by atoms with Gasteiger partial charge in [-0.05, 0) is 63.1 Å². The second-order valence-electron chi connectivity index (χ2n) is 6.69. The van der Waals surface area contributed by atoms with Gasteiger partial charge >= 0.3 is 0 Å². The molecule has 0 radical (unpaired) electrons. The highest BCUT2D eigenvalue weighted by molar-refractivity contribution is 8.76. The molecule has 0 aliphatic rings. The molecule has 0 fully saturated rings. The first-order valence-corrected chi connectivity index (χ1v) is 9.81. The molecule has 122 valence electrons. The minimum atomic E-state index is -0.459. The van der Waals surface area contributed by atoms with Crippen molar-refractivity contribution >= 4 is 21.6 Å².